The molecule has 0 amide bonds. The van der Waals surface area contributed by atoms with Crippen molar-refractivity contribution in [3.63, 3.8) is 0 Å². The predicted octanol–water partition coefficient (Wildman–Crippen LogP) is 0.687. The van der Waals surface area contributed by atoms with E-state index in [1.807, 2.05) is 6.92 Å². The first-order chi connectivity index (χ1) is 6.59. The number of piperazine rings is 1. The van der Waals surface area contributed by atoms with Crippen LogP contribution in [0.3, 0.4) is 0 Å². The van der Waals surface area contributed by atoms with E-state index in [2.05, 4.69) is 24.1 Å². The first-order valence-electron chi connectivity index (χ1n) is 5.72. The summed E-state index contributed by atoms with van der Waals surface area (Å²) in [6, 6.07) is 0.610. The number of aliphatic hydroxyl groups is 1. The van der Waals surface area contributed by atoms with Gasteiger partial charge in [0, 0.05) is 32.2 Å². The summed E-state index contributed by atoms with van der Waals surface area (Å²) in [5, 5.41) is 12.8. The van der Waals surface area contributed by atoms with Crippen molar-refractivity contribution in [1.82, 2.24) is 10.2 Å². The van der Waals surface area contributed by atoms with Crippen molar-refractivity contribution < 1.29 is 5.11 Å². The number of hydrogen-bond donors (Lipinski definition) is 2. The van der Waals surface area contributed by atoms with Crippen molar-refractivity contribution in [3.05, 3.63) is 0 Å². The zero-order valence-corrected chi connectivity index (χ0v) is 9.66. The Hall–Kier alpha value is -0.120. The van der Waals surface area contributed by atoms with Gasteiger partial charge in [-0.15, -0.1) is 0 Å². The second kappa shape index (κ2) is 5.69. The number of nitrogens with zero attached hydrogens (tertiary/aromatic N) is 1. The third-order valence-corrected chi connectivity index (χ3v) is 2.71. The van der Waals surface area contributed by atoms with E-state index in [1.165, 1.54) is 6.42 Å². The fourth-order valence-electron chi connectivity index (χ4n) is 2.16. The Kier molecular flexibility index (Phi) is 4.85. The van der Waals surface area contributed by atoms with Gasteiger partial charge >= 0.3 is 0 Å². The summed E-state index contributed by atoms with van der Waals surface area (Å²) in [5.41, 5.74) is 0. The monoisotopic (exact) mass is 200 g/mol. The average Bonchev–Trinajstić information content (AvgIpc) is 2.06. The molecule has 0 aromatic heterocycles. The van der Waals surface area contributed by atoms with Crippen molar-refractivity contribution in [2.75, 3.05) is 26.2 Å². The molecule has 1 aliphatic heterocycles. The fourth-order valence-corrected chi connectivity index (χ4v) is 2.16. The van der Waals surface area contributed by atoms with E-state index in [0.717, 1.165) is 32.1 Å². The van der Waals surface area contributed by atoms with Gasteiger partial charge in [0.2, 0.25) is 0 Å². The molecule has 2 N–H and O–H groups in total. The molecule has 1 rings (SSSR count). The Morgan fingerprint density at radius 3 is 2.71 bits per heavy atom. The maximum Gasteiger partial charge on any atom is 0.0639 e. The standard InChI is InChI=1S/C11H24N2O/c1-9(2)6-11-7-12-4-5-13(11)8-10(3)14/h9-12,14H,4-8H2,1-3H3. The lowest BCUT2D eigenvalue weighted by molar-refractivity contribution is 0.0750. The summed E-state index contributed by atoms with van der Waals surface area (Å²) in [7, 11) is 0. The van der Waals surface area contributed by atoms with Crippen LogP contribution >= 0.6 is 0 Å². The van der Waals surface area contributed by atoms with Crippen LogP contribution in [0.25, 0.3) is 0 Å². The zero-order valence-electron chi connectivity index (χ0n) is 9.66. The van der Waals surface area contributed by atoms with Gasteiger partial charge in [0.15, 0.2) is 0 Å². The Morgan fingerprint density at radius 1 is 1.43 bits per heavy atom. The Morgan fingerprint density at radius 2 is 2.14 bits per heavy atom. The van der Waals surface area contributed by atoms with Crippen LogP contribution in [0.5, 0.6) is 0 Å². The van der Waals surface area contributed by atoms with Crippen LogP contribution in [-0.2, 0) is 0 Å². The molecule has 0 bridgehead atoms. The molecule has 0 aromatic rings. The summed E-state index contributed by atoms with van der Waals surface area (Å²) >= 11 is 0. The summed E-state index contributed by atoms with van der Waals surface area (Å²) < 4.78 is 0. The van der Waals surface area contributed by atoms with Gasteiger partial charge in [0.05, 0.1) is 6.10 Å². The highest BCUT2D eigenvalue weighted by atomic mass is 16.3. The Bertz CT molecular complexity index is 141. The van der Waals surface area contributed by atoms with Crippen molar-refractivity contribution in [1.29, 1.82) is 0 Å². The summed E-state index contributed by atoms with van der Waals surface area (Å²) in [6.07, 6.45) is 1.02. The minimum atomic E-state index is -0.206. The topological polar surface area (TPSA) is 35.5 Å². The number of hydrogen-bond acceptors (Lipinski definition) is 3. The lowest BCUT2D eigenvalue weighted by atomic mass is 10.0. The molecule has 1 saturated heterocycles. The highest BCUT2D eigenvalue weighted by Gasteiger charge is 2.23. The number of nitrogens with one attached hydrogen (secondary N) is 1. The lowest BCUT2D eigenvalue weighted by Crippen LogP contribution is -2.53. The fraction of sp³-hybridized carbons (Fsp3) is 1.00. The van der Waals surface area contributed by atoms with Crippen LogP contribution in [-0.4, -0.2) is 48.3 Å². The molecule has 1 heterocycles. The van der Waals surface area contributed by atoms with E-state index in [4.69, 9.17) is 0 Å². The third-order valence-electron chi connectivity index (χ3n) is 2.71. The minimum Gasteiger partial charge on any atom is -0.392 e. The van der Waals surface area contributed by atoms with Crippen LogP contribution in [0, 0.1) is 5.92 Å². The molecular formula is C11H24N2O. The molecule has 14 heavy (non-hydrogen) atoms. The average molecular weight is 200 g/mol. The van der Waals surface area contributed by atoms with Crippen LogP contribution in [0.1, 0.15) is 27.2 Å². The first kappa shape index (κ1) is 12.0. The van der Waals surface area contributed by atoms with Crippen LogP contribution < -0.4 is 5.32 Å². The maximum atomic E-state index is 9.39. The molecule has 0 radical (unpaired) electrons. The molecule has 1 fully saturated rings. The molecule has 1 aliphatic rings. The zero-order chi connectivity index (χ0) is 10.6. The summed E-state index contributed by atoms with van der Waals surface area (Å²) in [5.74, 6) is 0.733. The van der Waals surface area contributed by atoms with E-state index in [1.54, 1.807) is 0 Å². The van der Waals surface area contributed by atoms with Gasteiger partial charge in [-0.25, -0.2) is 0 Å². The predicted molar refractivity (Wildman–Crippen MR) is 59.4 cm³/mol. The van der Waals surface area contributed by atoms with Crippen LogP contribution in [0.15, 0.2) is 0 Å². The molecule has 3 heteroatoms. The highest BCUT2D eigenvalue weighted by Crippen LogP contribution is 2.13. The number of aliphatic hydroxyl groups excluding tert-OH is 1. The van der Waals surface area contributed by atoms with Crippen LogP contribution in [0.2, 0.25) is 0 Å². The van der Waals surface area contributed by atoms with Crippen molar-refractivity contribution in [3.8, 4) is 0 Å². The second-order valence-electron chi connectivity index (χ2n) is 4.83. The molecule has 84 valence electrons. The van der Waals surface area contributed by atoms with E-state index < -0.39 is 0 Å². The van der Waals surface area contributed by atoms with Crippen molar-refractivity contribution in [2.24, 2.45) is 5.92 Å². The van der Waals surface area contributed by atoms with Crippen LogP contribution in [0.4, 0.5) is 0 Å². The van der Waals surface area contributed by atoms with E-state index >= 15 is 0 Å². The molecule has 2 atom stereocenters. The highest BCUT2D eigenvalue weighted by molar-refractivity contribution is 4.81. The normalized spacial score (nSPS) is 26.8. The molecule has 0 aromatic carbocycles. The van der Waals surface area contributed by atoms with Gasteiger partial charge in [-0.1, -0.05) is 13.8 Å². The largest absolute Gasteiger partial charge is 0.392 e. The maximum absolute atomic E-state index is 9.39. The van der Waals surface area contributed by atoms with Gasteiger partial charge in [0.25, 0.3) is 0 Å². The van der Waals surface area contributed by atoms with E-state index in [0.29, 0.717) is 6.04 Å². The van der Waals surface area contributed by atoms with E-state index in [-0.39, 0.29) is 6.10 Å². The quantitative estimate of drug-likeness (QED) is 0.701. The van der Waals surface area contributed by atoms with E-state index in [9.17, 15) is 5.11 Å². The molecule has 0 spiro atoms. The molecule has 0 saturated carbocycles. The van der Waals surface area contributed by atoms with Gasteiger partial charge in [0.1, 0.15) is 0 Å². The molecular weight excluding hydrogens is 176 g/mol. The van der Waals surface area contributed by atoms with Gasteiger partial charge in [-0.3, -0.25) is 4.90 Å². The van der Waals surface area contributed by atoms with Crippen molar-refractivity contribution in [2.45, 2.75) is 39.3 Å². The molecule has 0 aliphatic carbocycles. The smallest absolute Gasteiger partial charge is 0.0639 e. The van der Waals surface area contributed by atoms with Gasteiger partial charge in [-0.05, 0) is 19.3 Å². The first-order valence-corrected chi connectivity index (χ1v) is 5.72. The van der Waals surface area contributed by atoms with Gasteiger partial charge in [-0.2, -0.15) is 0 Å². The lowest BCUT2D eigenvalue weighted by Gasteiger charge is -2.37. The van der Waals surface area contributed by atoms with Crippen molar-refractivity contribution >= 4 is 0 Å². The SMILES string of the molecule is CC(C)CC1CNCCN1CC(C)O. The second-order valence-corrected chi connectivity index (χ2v) is 4.83. The minimum absolute atomic E-state index is 0.206. The Labute approximate surface area is 87.5 Å². The summed E-state index contributed by atoms with van der Waals surface area (Å²) in [4.78, 5) is 2.42. The number of rotatable bonds is 4. The number of β-amino-alcohol motifs (C(OH)–C–C–N with tert-alkyl or cyclic N) is 1. The molecule has 3 nitrogen and oxygen atoms in total. The summed E-state index contributed by atoms with van der Waals surface area (Å²) in [6.45, 7) is 10.4. The Balaban J connectivity index is 2.41. The third kappa shape index (κ3) is 3.95. The van der Waals surface area contributed by atoms with Gasteiger partial charge < -0.3 is 10.4 Å². The molecule has 2 unspecified atom stereocenters.